The number of fused-ring (bicyclic) bond motifs is 6. The van der Waals surface area contributed by atoms with Crippen molar-refractivity contribution in [1.82, 2.24) is 0 Å². The first-order chi connectivity index (χ1) is 24.7. The van der Waals surface area contributed by atoms with Gasteiger partial charge in [0.2, 0.25) is 0 Å². The molecule has 0 aliphatic heterocycles. The average Bonchev–Trinajstić information content (AvgIpc) is 3.64. The molecule has 9 rings (SSSR count). The number of hydrogen-bond donors (Lipinski definition) is 0. The fourth-order valence-electron chi connectivity index (χ4n) is 8.99. The van der Waals surface area contributed by atoms with Gasteiger partial charge in [0.25, 0.3) is 0 Å². The molecule has 1 aromatic heterocycles. The topological polar surface area (TPSA) is 16.4 Å². The highest BCUT2D eigenvalue weighted by Gasteiger charge is 2.37. The average molecular weight is 666 g/mol. The molecule has 1 fully saturated rings. The molecule has 0 unspecified atom stereocenters. The molecule has 0 saturated heterocycles. The number of rotatable bonds is 5. The molecule has 0 N–H and O–H groups in total. The van der Waals surface area contributed by atoms with Crippen LogP contribution in [0, 0.1) is 0 Å². The number of hydrogen-bond acceptors (Lipinski definition) is 2. The van der Waals surface area contributed by atoms with Crippen LogP contribution in [0.25, 0.3) is 44.2 Å². The molecule has 1 heterocycles. The summed E-state index contributed by atoms with van der Waals surface area (Å²) in [5.74, 6) is 0.664. The summed E-state index contributed by atoms with van der Waals surface area (Å²) >= 11 is 0. The van der Waals surface area contributed by atoms with Gasteiger partial charge in [0, 0.05) is 22.2 Å². The fraction of sp³-hybridized carbons (Fsp3) is 0.265. The lowest BCUT2D eigenvalue weighted by molar-refractivity contribution is 0.443. The third kappa shape index (κ3) is 5.30. The summed E-state index contributed by atoms with van der Waals surface area (Å²) in [5, 5.41) is 2.30. The van der Waals surface area contributed by atoms with E-state index in [1.54, 1.807) is 0 Å². The molecule has 0 spiro atoms. The van der Waals surface area contributed by atoms with Crippen molar-refractivity contribution in [3.63, 3.8) is 0 Å². The minimum Gasteiger partial charge on any atom is -0.456 e. The van der Waals surface area contributed by atoms with E-state index in [2.05, 4.69) is 167 Å². The molecule has 0 bridgehead atoms. The van der Waals surface area contributed by atoms with Crippen molar-refractivity contribution in [2.45, 2.75) is 83.5 Å². The Bertz CT molecular complexity index is 2400. The van der Waals surface area contributed by atoms with E-state index in [9.17, 15) is 0 Å². The maximum atomic E-state index is 6.63. The lowest BCUT2D eigenvalue weighted by atomic mass is 9.81. The summed E-state index contributed by atoms with van der Waals surface area (Å²) in [5.41, 5.74) is 15.9. The van der Waals surface area contributed by atoms with Gasteiger partial charge < -0.3 is 9.32 Å². The highest BCUT2D eigenvalue weighted by Crippen LogP contribution is 2.54. The van der Waals surface area contributed by atoms with Gasteiger partial charge in [-0.3, -0.25) is 0 Å². The molecular formula is C49H47NO. The summed E-state index contributed by atoms with van der Waals surface area (Å²) in [6.07, 6.45) is 6.64. The zero-order chi connectivity index (χ0) is 34.9. The summed E-state index contributed by atoms with van der Waals surface area (Å²) < 4.78 is 6.63. The van der Waals surface area contributed by atoms with Crippen LogP contribution in [-0.4, -0.2) is 0 Å². The quantitative estimate of drug-likeness (QED) is 0.182. The minimum atomic E-state index is -0.153. The highest BCUT2D eigenvalue weighted by molar-refractivity contribution is 6.13. The van der Waals surface area contributed by atoms with Crippen molar-refractivity contribution in [2.75, 3.05) is 4.90 Å². The molecular weight excluding hydrogens is 619 g/mol. The predicted molar refractivity (Wildman–Crippen MR) is 216 cm³/mol. The van der Waals surface area contributed by atoms with Crippen LogP contribution in [0.2, 0.25) is 0 Å². The third-order valence-electron chi connectivity index (χ3n) is 11.8. The van der Waals surface area contributed by atoms with Crippen molar-refractivity contribution in [3.05, 3.63) is 150 Å². The minimum absolute atomic E-state index is 0.0390. The number of anilines is 3. The lowest BCUT2D eigenvalue weighted by Crippen LogP contribution is -2.16. The standard InChI is InChI=1S/C49H47NO/c1-48(2,3)35-24-28-40-45(30-35)51-44-21-13-20-43(47(40)44)50(36-25-22-33(23-26-36)32-14-8-6-9-15-32)37-27-29-39-42(31-37)49(4,5)41-19-12-18-38(46(39)41)34-16-10-7-11-17-34/h7,10-13,16-32H,6,8-9,14-15H2,1-5H3. The molecule has 2 aliphatic rings. The second-order valence-corrected chi connectivity index (χ2v) is 16.4. The van der Waals surface area contributed by atoms with Crippen LogP contribution >= 0.6 is 0 Å². The molecule has 51 heavy (non-hydrogen) atoms. The first-order valence-electron chi connectivity index (χ1n) is 18.9. The zero-order valence-corrected chi connectivity index (χ0v) is 30.6. The predicted octanol–water partition coefficient (Wildman–Crippen LogP) is 14.4. The Morgan fingerprint density at radius 1 is 0.627 bits per heavy atom. The van der Waals surface area contributed by atoms with Crippen molar-refractivity contribution in [2.24, 2.45) is 0 Å². The molecule has 6 aromatic carbocycles. The number of furan rings is 1. The largest absolute Gasteiger partial charge is 0.456 e. The first kappa shape index (κ1) is 31.9. The first-order valence-corrected chi connectivity index (χ1v) is 18.9. The van der Waals surface area contributed by atoms with Gasteiger partial charge in [-0.2, -0.15) is 0 Å². The highest BCUT2D eigenvalue weighted by atomic mass is 16.3. The maximum absolute atomic E-state index is 6.63. The Morgan fingerprint density at radius 2 is 1.37 bits per heavy atom. The fourth-order valence-corrected chi connectivity index (χ4v) is 8.99. The van der Waals surface area contributed by atoms with E-state index in [0.29, 0.717) is 5.92 Å². The second kappa shape index (κ2) is 12.0. The van der Waals surface area contributed by atoms with Crippen LogP contribution in [-0.2, 0) is 10.8 Å². The van der Waals surface area contributed by atoms with Gasteiger partial charge in [-0.15, -0.1) is 0 Å². The third-order valence-corrected chi connectivity index (χ3v) is 11.8. The molecule has 0 amide bonds. The van der Waals surface area contributed by atoms with Gasteiger partial charge in [0.15, 0.2) is 0 Å². The van der Waals surface area contributed by atoms with E-state index < -0.39 is 0 Å². The Balaban J connectivity index is 1.24. The van der Waals surface area contributed by atoms with Crippen LogP contribution in [0.3, 0.4) is 0 Å². The van der Waals surface area contributed by atoms with E-state index in [4.69, 9.17) is 4.42 Å². The van der Waals surface area contributed by atoms with Crippen molar-refractivity contribution < 1.29 is 4.42 Å². The molecule has 2 heteroatoms. The van der Waals surface area contributed by atoms with E-state index in [1.165, 1.54) is 82.3 Å². The monoisotopic (exact) mass is 665 g/mol. The van der Waals surface area contributed by atoms with E-state index in [0.717, 1.165) is 33.3 Å². The molecule has 7 aromatic rings. The van der Waals surface area contributed by atoms with E-state index in [1.807, 2.05) is 0 Å². The van der Waals surface area contributed by atoms with Gasteiger partial charge in [-0.05, 0) is 111 Å². The van der Waals surface area contributed by atoms with Gasteiger partial charge in [-0.25, -0.2) is 0 Å². The summed E-state index contributed by atoms with van der Waals surface area (Å²) in [7, 11) is 0. The number of benzene rings is 6. The van der Waals surface area contributed by atoms with E-state index in [-0.39, 0.29) is 10.8 Å². The number of nitrogens with zero attached hydrogens (tertiary/aromatic N) is 1. The van der Waals surface area contributed by atoms with Crippen LogP contribution in [0.4, 0.5) is 17.1 Å². The smallest absolute Gasteiger partial charge is 0.137 e. The molecule has 0 radical (unpaired) electrons. The normalized spacial score (nSPS) is 15.6. The molecule has 254 valence electrons. The van der Waals surface area contributed by atoms with Gasteiger partial charge >= 0.3 is 0 Å². The Morgan fingerprint density at radius 3 is 2.14 bits per heavy atom. The van der Waals surface area contributed by atoms with Crippen molar-refractivity contribution >= 4 is 39.0 Å². The van der Waals surface area contributed by atoms with Crippen molar-refractivity contribution in [1.29, 1.82) is 0 Å². The van der Waals surface area contributed by atoms with Gasteiger partial charge in [-0.1, -0.05) is 139 Å². The van der Waals surface area contributed by atoms with Gasteiger partial charge in [0.05, 0.1) is 11.1 Å². The van der Waals surface area contributed by atoms with E-state index >= 15 is 0 Å². The van der Waals surface area contributed by atoms with Crippen LogP contribution < -0.4 is 4.90 Å². The Labute approximate surface area is 302 Å². The second-order valence-electron chi connectivity index (χ2n) is 16.4. The summed E-state index contributed by atoms with van der Waals surface area (Å²) in [6.45, 7) is 11.6. The van der Waals surface area contributed by atoms with Crippen LogP contribution in [0.1, 0.15) is 94.9 Å². The maximum Gasteiger partial charge on any atom is 0.137 e. The molecule has 2 aliphatic carbocycles. The van der Waals surface area contributed by atoms with Crippen molar-refractivity contribution in [3.8, 4) is 22.3 Å². The van der Waals surface area contributed by atoms with Crippen LogP contribution in [0.5, 0.6) is 0 Å². The van der Waals surface area contributed by atoms with Crippen LogP contribution in [0.15, 0.2) is 132 Å². The SMILES string of the molecule is CC(C)(C)c1ccc2c(c1)oc1cccc(N(c3ccc(C4CCCCC4)cc3)c3ccc4c(c3)C(C)(C)c3cccc(-c5ccccc5)c3-4)c12. The Hall–Kier alpha value is -5.08. The molecule has 1 saturated carbocycles. The Kier molecular flexibility index (Phi) is 7.51. The summed E-state index contributed by atoms with van der Waals surface area (Å²) in [4.78, 5) is 2.47. The summed E-state index contributed by atoms with van der Waals surface area (Å²) in [6, 6.07) is 47.6. The lowest BCUT2D eigenvalue weighted by Gasteiger charge is -2.29. The van der Waals surface area contributed by atoms with Gasteiger partial charge in [0.1, 0.15) is 11.2 Å². The zero-order valence-electron chi connectivity index (χ0n) is 30.6. The molecule has 2 nitrogen and oxygen atoms in total. The molecule has 0 atom stereocenters.